The van der Waals surface area contributed by atoms with Crippen LogP contribution in [0.4, 0.5) is 0 Å². The van der Waals surface area contributed by atoms with Gasteiger partial charge in [-0.15, -0.1) is 0 Å². The number of nitrogens with zero attached hydrogens (tertiary/aromatic N) is 1. The molecule has 0 saturated heterocycles. The topological polar surface area (TPSA) is 58.6 Å². The van der Waals surface area contributed by atoms with E-state index in [1.165, 1.54) is 0 Å². The minimum atomic E-state index is -0.574. The number of nitrogens with one attached hydrogen (secondary N) is 1. The number of carbonyl (C=O) groups is 2. The van der Waals surface area contributed by atoms with Crippen LogP contribution in [0.3, 0.4) is 0 Å². The number of hydrogen-bond acceptors (Lipinski definition) is 3. The summed E-state index contributed by atoms with van der Waals surface area (Å²) in [6.45, 7) is 14.0. The standard InChI is InChI=1S/C26H36N2O3/c1-8-22(25(30)27-26(5,6)7)28(16-21-11-9-10-18(2)15-21)24(29)17-31-23-13-12-19(3)14-20(23)4/h9-15,22H,8,16-17H2,1-7H3,(H,27,30). The molecule has 2 amide bonds. The Morgan fingerprint density at radius 2 is 1.71 bits per heavy atom. The molecule has 0 saturated carbocycles. The maximum atomic E-state index is 13.3. The lowest BCUT2D eigenvalue weighted by molar-refractivity contribution is -0.143. The molecule has 2 aromatic carbocycles. The second kappa shape index (κ2) is 10.5. The van der Waals surface area contributed by atoms with Crippen molar-refractivity contribution in [3.8, 4) is 5.75 Å². The number of benzene rings is 2. The molecule has 31 heavy (non-hydrogen) atoms. The van der Waals surface area contributed by atoms with Gasteiger partial charge in [0.15, 0.2) is 6.61 Å². The van der Waals surface area contributed by atoms with Crippen LogP contribution in [-0.4, -0.2) is 34.9 Å². The average Bonchev–Trinajstić information content (AvgIpc) is 2.65. The van der Waals surface area contributed by atoms with Gasteiger partial charge in [0.25, 0.3) is 5.91 Å². The molecular weight excluding hydrogens is 388 g/mol. The van der Waals surface area contributed by atoms with Crippen molar-refractivity contribution in [3.05, 3.63) is 64.7 Å². The Morgan fingerprint density at radius 3 is 2.29 bits per heavy atom. The largest absolute Gasteiger partial charge is 0.483 e. The third-order valence-electron chi connectivity index (χ3n) is 5.00. The first-order chi connectivity index (χ1) is 14.5. The molecule has 0 fully saturated rings. The van der Waals surface area contributed by atoms with Crippen LogP contribution in [0.25, 0.3) is 0 Å². The number of rotatable bonds is 8. The molecule has 168 valence electrons. The number of carbonyl (C=O) groups excluding carboxylic acids is 2. The molecule has 1 unspecified atom stereocenters. The lowest BCUT2D eigenvalue weighted by Crippen LogP contribution is -2.54. The van der Waals surface area contributed by atoms with E-state index in [4.69, 9.17) is 4.74 Å². The van der Waals surface area contributed by atoms with Crippen molar-refractivity contribution in [2.24, 2.45) is 0 Å². The first kappa shape index (κ1) is 24.4. The van der Waals surface area contributed by atoms with Gasteiger partial charge in [-0.3, -0.25) is 9.59 Å². The highest BCUT2D eigenvalue weighted by Crippen LogP contribution is 2.20. The Hall–Kier alpha value is -2.82. The Morgan fingerprint density at radius 1 is 1.03 bits per heavy atom. The van der Waals surface area contributed by atoms with Gasteiger partial charge in [-0.1, -0.05) is 54.4 Å². The Kier molecular flexibility index (Phi) is 8.26. The number of ether oxygens (including phenoxy) is 1. The van der Waals surface area contributed by atoms with Crippen molar-refractivity contribution < 1.29 is 14.3 Å². The zero-order valence-corrected chi connectivity index (χ0v) is 19.9. The number of aryl methyl sites for hydroxylation is 3. The maximum absolute atomic E-state index is 13.3. The third-order valence-corrected chi connectivity index (χ3v) is 5.00. The van der Waals surface area contributed by atoms with E-state index in [9.17, 15) is 9.59 Å². The maximum Gasteiger partial charge on any atom is 0.261 e. The number of hydrogen-bond donors (Lipinski definition) is 1. The molecule has 5 heteroatoms. The minimum Gasteiger partial charge on any atom is -0.483 e. The summed E-state index contributed by atoms with van der Waals surface area (Å²) in [7, 11) is 0. The highest BCUT2D eigenvalue weighted by molar-refractivity contribution is 5.88. The van der Waals surface area contributed by atoms with Crippen LogP contribution < -0.4 is 10.1 Å². The molecular formula is C26H36N2O3. The van der Waals surface area contributed by atoms with Crippen molar-refractivity contribution in [2.45, 2.75) is 73.0 Å². The summed E-state index contributed by atoms with van der Waals surface area (Å²) >= 11 is 0. The van der Waals surface area contributed by atoms with Crippen LogP contribution in [0.5, 0.6) is 5.75 Å². The lowest BCUT2D eigenvalue weighted by atomic mass is 10.1. The van der Waals surface area contributed by atoms with E-state index in [2.05, 4.69) is 5.32 Å². The SMILES string of the molecule is CCC(C(=O)NC(C)(C)C)N(Cc1cccc(C)c1)C(=O)COc1ccc(C)cc1C. The molecule has 5 nitrogen and oxygen atoms in total. The third kappa shape index (κ3) is 7.42. The summed E-state index contributed by atoms with van der Waals surface area (Å²) in [6.07, 6.45) is 0.517. The van der Waals surface area contributed by atoms with Gasteiger partial charge in [0.2, 0.25) is 5.91 Å². The van der Waals surface area contributed by atoms with Crippen molar-refractivity contribution in [2.75, 3.05) is 6.61 Å². The van der Waals surface area contributed by atoms with Crippen LogP contribution in [0.1, 0.15) is 56.4 Å². The fourth-order valence-electron chi connectivity index (χ4n) is 3.56. The van der Waals surface area contributed by atoms with Crippen LogP contribution in [0, 0.1) is 20.8 Å². The zero-order valence-electron chi connectivity index (χ0n) is 19.9. The fourth-order valence-corrected chi connectivity index (χ4v) is 3.56. The monoisotopic (exact) mass is 424 g/mol. The molecule has 0 spiro atoms. The predicted octanol–water partition coefficient (Wildman–Crippen LogP) is 4.71. The average molecular weight is 425 g/mol. The first-order valence-electron chi connectivity index (χ1n) is 10.9. The van der Waals surface area contributed by atoms with Gasteiger partial charge >= 0.3 is 0 Å². The van der Waals surface area contributed by atoms with Crippen LogP contribution in [-0.2, 0) is 16.1 Å². The molecule has 2 rings (SSSR count). The predicted molar refractivity (Wildman–Crippen MR) is 125 cm³/mol. The Balaban J connectivity index is 2.26. The Bertz CT molecular complexity index is 915. The summed E-state index contributed by atoms with van der Waals surface area (Å²) < 4.78 is 5.85. The van der Waals surface area contributed by atoms with Gasteiger partial charge in [0.05, 0.1) is 0 Å². The van der Waals surface area contributed by atoms with Crippen molar-refractivity contribution in [3.63, 3.8) is 0 Å². The van der Waals surface area contributed by atoms with E-state index in [0.717, 1.165) is 22.3 Å². The minimum absolute atomic E-state index is 0.116. The van der Waals surface area contributed by atoms with Gasteiger partial charge in [-0.05, 0) is 65.2 Å². The molecule has 0 aliphatic heterocycles. The summed E-state index contributed by atoms with van der Waals surface area (Å²) in [6, 6.07) is 13.3. The van der Waals surface area contributed by atoms with Crippen LogP contribution >= 0.6 is 0 Å². The molecule has 0 radical (unpaired) electrons. The van der Waals surface area contributed by atoms with Gasteiger partial charge in [0.1, 0.15) is 11.8 Å². The molecule has 1 atom stereocenters. The molecule has 0 aromatic heterocycles. The molecule has 0 aliphatic rings. The smallest absolute Gasteiger partial charge is 0.261 e. The van der Waals surface area contributed by atoms with Crippen LogP contribution in [0.2, 0.25) is 0 Å². The summed E-state index contributed by atoms with van der Waals surface area (Å²) in [4.78, 5) is 27.9. The highest BCUT2D eigenvalue weighted by atomic mass is 16.5. The fraction of sp³-hybridized carbons (Fsp3) is 0.462. The molecule has 1 N–H and O–H groups in total. The second-order valence-electron chi connectivity index (χ2n) is 9.23. The van der Waals surface area contributed by atoms with E-state index >= 15 is 0 Å². The zero-order chi connectivity index (χ0) is 23.2. The number of amides is 2. The molecule has 2 aromatic rings. The van der Waals surface area contributed by atoms with Gasteiger partial charge < -0.3 is 15.0 Å². The van der Waals surface area contributed by atoms with Gasteiger partial charge in [-0.25, -0.2) is 0 Å². The first-order valence-corrected chi connectivity index (χ1v) is 10.9. The second-order valence-corrected chi connectivity index (χ2v) is 9.23. The quantitative estimate of drug-likeness (QED) is 0.667. The summed E-state index contributed by atoms with van der Waals surface area (Å²) in [5, 5.41) is 3.02. The van der Waals surface area contributed by atoms with E-state index in [0.29, 0.717) is 18.7 Å². The Labute approximate surface area is 186 Å². The van der Waals surface area contributed by atoms with Gasteiger partial charge in [0, 0.05) is 12.1 Å². The van der Waals surface area contributed by atoms with E-state index in [1.54, 1.807) is 4.90 Å². The van der Waals surface area contributed by atoms with E-state index in [-0.39, 0.29) is 24.0 Å². The lowest BCUT2D eigenvalue weighted by Gasteiger charge is -2.33. The van der Waals surface area contributed by atoms with Crippen LogP contribution in [0.15, 0.2) is 42.5 Å². The normalized spacial score (nSPS) is 12.2. The molecule has 0 heterocycles. The van der Waals surface area contributed by atoms with E-state index in [1.807, 2.05) is 90.9 Å². The summed E-state index contributed by atoms with van der Waals surface area (Å²) in [5.74, 6) is 0.321. The van der Waals surface area contributed by atoms with Gasteiger partial charge in [-0.2, -0.15) is 0 Å². The highest BCUT2D eigenvalue weighted by Gasteiger charge is 2.31. The summed E-state index contributed by atoms with van der Waals surface area (Å²) in [5.41, 5.74) is 3.85. The van der Waals surface area contributed by atoms with Crippen molar-refractivity contribution in [1.82, 2.24) is 10.2 Å². The van der Waals surface area contributed by atoms with E-state index < -0.39 is 6.04 Å². The molecule has 0 aliphatic carbocycles. The van der Waals surface area contributed by atoms with Crippen molar-refractivity contribution >= 4 is 11.8 Å². The molecule has 0 bridgehead atoms. The van der Waals surface area contributed by atoms with Crippen molar-refractivity contribution in [1.29, 1.82) is 0 Å².